The molecule has 3 nitrogen and oxygen atoms in total. The Bertz CT molecular complexity index is 560. The van der Waals surface area contributed by atoms with Gasteiger partial charge in [0.05, 0.1) is 11.1 Å². The lowest BCUT2D eigenvalue weighted by molar-refractivity contribution is 0.559. The third-order valence-corrected chi connectivity index (χ3v) is 3.06. The van der Waals surface area contributed by atoms with Gasteiger partial charge >= 0.3 is 0 Å². The van der Waals surface area contributed by atoms with E-state index in [9.17, 15) is 4.39 Å². The van der Waals surface area contributed by atoms with Gasteiger partial charge in [0.15, 0.2) is 0 Å². The second-order valence-corrected chi connectivity index (χ2v) is 4.43. The lowest BCUT2D eigenvalue weighted by Gasteiger charge is -2.19. The van der Waals surface area contributed by atoms with Crippen LogP contribution in [-0.2, 0) is 0 Å². The van der Waals surface area contributed by atoms with Gasteiger partial charge in [-0.3, -0.25) is 10.8 Å². The Balaban J connectivity index is 2.52. The Labute approximate surface area is 110 Å². The summed E-state index contributed by atoms with van der Waals surface area (Å²) in [4.78, 5) is 3.90. The number of aromatic nitrogens is 1. The molecule has 0 spiro atoms. The number of nitrogens with zero attached hydrogens (tertiary/aromatic N) is 1. The molecule has 0 aliphatic carbocycles. The van der Waals surface area contributed by atoms with Gasteiger partial charge in [-0.25, -0.2) is 9.82 Å². The second kappa shape index (κ2) is 5.44. The fourth-order valence-electron chi connectivity index (χ4n) is 1.85. The van der Waals surface area contributed by atoms with Crippen LogP contribution in [0.3, 0.4) is 0 Å². The lowest BCUT2D eigenvalue weighted by atomic mass is 9.98. The van der Waals surface area contributed by atoms with Gasteiger partial charge in [0.25, 0.3) is 0 Å². The molecule has 1 atom stereocenters. The zero-order valence-corrected chi connectivity index (χ0v) is 10.6. The maximum Gasteiger partial charge on any atom is 0.128 e. The normalized spacial score (nSPS) is 12.4. The van der Waals surface area contributed by atoms with E-state index in [1.807, 2.05) is 6.92 Å². The van der Waals surface area contributed by atoms with E-state index in [1.165, 1.54) is 12.3 Å². The van der Waals surface area contributed by atoms with Gasteiger partial charge in [-0.05, 0) is 24.6 Å². The van der Waals surface area contributed by atoms with Crippen LogP contribution in [0.25, 0.3) is 0 Å². The molecule has 1 aromatic carbocycles. The minimum atomic E-state index is -0.500. The molecule has 2 aromatic rings. The summed E-state index contributed by atoms with van der Waals surface area (Å²) in [5.74, 6) is 5.21. The molecule has 0 radical (unpaired) electrons. The van der Waals surface area contributed by atoms with Crippen molar-refractivity contribution >= 4 is 11.6 Å². The second-order valence-electron chi connectivity index (χ2n) is 4.02. The SMILES string of the molecule is Cc1ccc(F)c(C(NN)c2ccncc2Cl)c1. The Morgan fingerprint density at radius 3 is 2.78 bits per heavy atom. The fraction of sp³-hybridized carbons (Fsp3) is 0.154. The van der Waals surface area contributed by atoms with Crippen molar-refractivity contribution in [3.8, 4) is 0 Å². The van der Waals surface area contributed by atoms with Gasteiger partial charge in [0, 0.05) is 18.0 Å². The van der Waals surface area contributed by atoms with Gasteiger partial charge in [0.2, 0.25) is 0 Å². The smallest absolute Gasteiger partial charge is 0.128 e. The summed E-state index contributed by atoms with van der Waals surface area (Å²) in [6.45, 7) is 1.89. The van der Waals surface area contributed by atoms with E-state index in [4.69, 9.17) is 17.4 Å². The topological polar surface area (TPSA) is 50.9 Å². The number of aryl methyl sites for hydroxylation is 1. The minimum Gasteiger partial charge on any atom is -0.271 e. The highest BCUT2D eigenvalue weighted by Crippen LogP contribution is 2.29. The largest absolute Gasteiger partial charge is 0.271 e. The molecular formula is C13H13ClFN3. The first-order chi connectivity index (χ1) is 8.63. The van der Waals surface area contributed by atoms with Gasteiger partial charge in [-0.15, -0.1) is 0 Å². The van der Waals surface area contributed by atoms with Crippen LogP contribution in [0.15, 0.2) is 36.7 Å². The Morgan fingerprint density at radius 2 is 2.11 bits per heavy atom. The monoisotopic (exact) mass is 265 g/mol. The molecule has 5 heteroatoms. The third kappa shape index (κ3) is 2.51. The van der Waals surface area contributed by atoms with Crippen molar-refractivity contribution in [2.24, 2.45) is 5.84 Å². The number of nitrogens with two attached hydrogens (primary N) is 1. The van der Waals surface area contributed by atoms with E-state index in [2.05, 4.69) is 10.4 Å². The summed E-state index contributed by atoms with van der Waals surface area (Å²) in [6.07, 6.45) is 3.11. The highest BCUT2D eigenvalue weighted by Gasteiger charge is 2.19. The molecule has 3 N–H and O–H groups in total. The summed E-state index contributed by atoms with van der Waals surface area (Å²) in [5, 5.41) is 0.446. The number of hydrazine groups is 1. The quantitative estimate of drug-likeness (QED) is 0.663. The molecule has 0 bridgehead atoms. The van der Waals surface area contributed by atoms with Crippen LogP contribution in [0.4, 0.5) is 4.39 Å². The van der Waals surface area contributed by atoms with Crippen LogP contribution in [0.1, 0.15) is 22.7 Å². The average molecular weight is 266 g/mol. The van der Waals surface area contributed by atoms with Crippen molar-refractivity contribution in [1.82, 2.24) is 10.4 Å². The molecule has 2 rings (SSSR count). The molecule has 0 aliphatic rings. The first-order valence-corrected chi connectivity index (χ1v) is 5.83. The van der Waals surface area contributed by atoms with Crippen LogP contribution in [-0.4, -0.2) is 4.98 Å². The molecule has 0 fully saturated rings. The van der Waals surface area contributed by atoms with Crippen molar-refractivity contribution in [1.29, 1.82) is 0 Å². The summed E-state index contributed by atoms with van der Waals surface area (Å²) in [5.41, 5.74) is 4.70. The highest BCUT2D eigenvalue weighted by atomic mass is 35.5. The fourth-order valence-corrected chi connectivity index (χ4v) is 2.08. The maximum atomic E-state index is 13.9. The summed E-state index contributed by atoms with van der Waals surface area (Å²) in [6, 6.07) is 6.09. The van der Waals surface area contributed by atoms with Crippen molar-refractivity contribution in [2.45, 2.75) is 13.0 Å². The number of nitrogens with one attached hydrogen (secondary N) is 1. The molecule has 1 unspecified atom stereocenters. The van der Waals surface area contributed by atoms with Crippen LogP contribution >= 0.6 is 11.6 Å². The number of hydrogen-bond acceptors (Lipinski definition) is 3. The van der Waals surface area contributed by atoms with E-state index < -0.39 is 6.04 Å². The van der Waals surface area contributed by atoms with Crippen LogP contribution in [0.5, 0.6) is 0 Å². The molecule has 0 saturated heterocycles. The van der Waals surface area contributed by atoms with Crippen LogP contribution in [0, 0.1) is 12.7 Å². The number of halogens is 2. The van der Waals surface area contributed by atoms with E-state index >= 15 is 0 Å². The summed E-state index contributed by atoms with van der Waals surface area (Å²) in [7, 11) is 0. The van der Waals surface area contributed by atoms with Crippen molar-refractivity contribution in [2.75, 3.05) is 0 Å². The van der Waals surface area contributed by atoms with Gasteiger partial charge < -0.3 is 0 Å². The first kappa shape index (κ1) is 13.0. The average Bonchev–Trinajstić information content (AvgIpc) is 2.36. The molecule has 0 saturated carbocycles. The Kier molecular flexibility index (Phi) is 3.91. The molecular weight excluding hydrogens is 253 g/mol. The van der Waals surface area contributed by atoms with Gasteiger partial charge in [-0.1, -0.05) is 29.3 Å². The molecule has 0 aliphatic heterocycles. The lowest BCUT2D eigenvalue weighted by Crippen LogP contribution is -2.29. The van der Waals surface area contributed by atoms with E-state index in [-0.39, 0.29) is 5.82 Å². The van der Waals surface area contributed by atoms with E-state index in [0.29, 0.717) is 16.1 Å². The van der Waals surface area contributed by atoms with Gasteiger partial charge in [0.1, 0.15) is 5.82 Å². The number of rotatable bonds is 3. The number of benzene rings is 1. The van der Waals surface area contributed by atoms with Crippen molar-refractivity contribution in [3.63, 3.8) is 0 Å². The van der Waals surface area contributed by atoms with Crippen molar-refractivity contribution < 1.29 is 4.39 Å². The predicted molar refractivity (Wildman–Crippen MR) is 69.6 cm³/mol. The predicted octanol–water partition coefficient (Wildman–Crippen LogP) is 2.74. The maximum absolute atomic E-state index is 13.9. The van der Waals surface area contributed by atoms with Crippen molar-refractivity contribution in [3.05, 3.63) is 64.2 Å². The van der Waals surface area contributed by atoms with Crippen LogP contribution in [0.2, 0.25) is 5.02 Å². The Morgan fingerprint density at radius 1 is 1.33 bits per heavy atom. The molecule has 18 heavy (non-hydrogen) atoms. The Hall–Kier alpha value is -1.49. The molecule has 1 heterocycles. The standard InChI is InChI=1S/C13H13ClFN3/c1-8-2-3-12(15)10(6-8)13(18-16)9-4-5-17-7-11(9)14/h2-7,13,18H,16H2,1H3. The first-order valence-electron chi connectivity index (χ1n) is 5.45. The highest BCUT2D eigenvalue weighted by molar-refractivity contribution is 6.31. The van der Waals surface area contributed by atoms with E-state index in [1.54, 1.807) is 24.4 Å². The van der Waals surface area contributed by atoms with E-state index in [0.717, 1.165) is 5.56 Å². The molecule has 94 valence electrons. The summed E-state index contributed by atoms with van der Waals surface area (Å²) < 4.78 is 13.9. The third-order valence-electron chi connectivity index (χ3n) is 2.74. The minimum absolute atomic E-state index is 0.323. The number of pyridine rings is 1. The molecule has 1 aromatic heterocycles. The van der Waals surface area contributed by atoms with Crippen LogP contribution < -0.4 is 11.3 Å². The van der Waals surface area contributed by atoms with Gasteiger partial charge in [-0.2, -0.15) is 0 Å². The summed E-state index contributed by atoms with van der Waals surface area (Å²) >= 11 is 6.06. The zero-order valence-electron chi connectivity index (χ0n) is 9.82. The zero-order chi connectivity index (χ0) is 13.1. The number of hydrogen-bond donors (Lipinski definition) is 2. The molecule has 0 amide bonds.